The molecule has 0 aliphatic heterocycles. The fraction of sp³-hybridized carbons (Fsp3) is 0.533. The minimum Gasteiger partial charge on any atom is -0.370 e. The molecule has 0 unspecified atom stereocenters. The van der Waals surface area contributed by atoms with E-state index in [1.54, 1.807) is 6.33 Å². The van der Waals surface area contributed by atoms with Crippen molar-refractivity contribution in [1.29, 1.82) is 0 Å². The molecule has 2 rings (SSSR count). The molecule has 2 aromatic rings. The number of nitrogens with zero attached hydrogens (tertiary/aromatic N) is 4. The van der Waals surface area contributed by atoms with Crippen molar-refractivity contribution in [3.8, 4) is 0 Å². The molecule has 6 heteroatoms. The van der Waals surface area contributed by atoms with E-state index in [0.717, 1.165) is 55.2 Å². The Hall–Kier alpha value is -2.11. The third-order valence-electron chi connectivity index (χ3n) is 3.28. The van der Waals surface area contributed by atoms with Gasteiger partial charge in [0.2, 0.25) is 0 Å². The Morgan fingerprint density at radius 1 is 1.10 bits per heavy atom. The lowest BCUT2D eigenvalue weighted by atomic mass is 10.2. The van der Waals surface area contributed by atoms with Gasteiger partial charge in [-0.3, -0.25) is 4.68 Å². The van der Waals surface area contributed by atoms with Gasteiger partial charge >= 0.3 is 0 Å². The number of rotatable bonds is 8. The molecule has 0 aliphatic carbocycles. The van der Waals surface area contributed by atoms with E-state index in [0.29, 0.717) is 0 Å². The second-order valence-corrected chi connectivity index (χ2v) is 4.99. The van der Waals surface area contributed by atoms with Gasteiger partial charge in [-0.25, -0.2) is 9.97 Å². The molecule has 114 valence electrons. The van der Waals surface area contributed by atoms with Crippen LogP contribution in [0.5, 0.6) is 0 Å². The molecule has 0 amide bonds. The average molecular weight is 288 g/mol. The smallest absolute Gasteiger partial charge is 0.134 e. The number of anilines is 2. The van der Waals surface area contributed by atoms with E-state index in [1.165, 1.54) is 0 Å². The Balaban J connectivity index is 1.98. The van der Waals surface area contributed by atoms with Crippen molar-refractivity contribution >= 4 is 11.6 Å². The number of hydrogen-bond acceptors (Lipinski definition) is 5. The zero-order valence-corrected chi connectivity index (χ0v) is 13.1. The Kier molecular flexibility index (Phi) is 5.54. The topological polar surface area (TPSA) is 67.7 Å². The van der Waals surface area contributed by atoms with Crippen LogP contribution in [0.1, 0.15) is 31.5 Å². The maximum absolute atomic E-state index is 4.37. The highest BCUT2D eigenvalue weighted by atomic mass is 15.2. The number of nitrogens with one attached hydrogen (secondary N) is 2. The van der Waals surface area contributed by atoms with Gasteiger partial charge in [-0.15, -0.1) is 0 Å². The molecule has 0 aromatic carbocycles. The molecule has 0 aliphatic rings. The first-order chi connectivity index (χ1) is 10.2. The quantitative estimate of drug-likeness (QED) is 0.780. The van der Waals surface area contributed by atoms with Crippen LogP contribution in [0, 0.1) is 0 Å². The summed E-state index contributed by atoms with van der Waals surface area (Å²) in [5, 5.41) is 11.1. The summed E-state index contributed by atoms with van der Waals surface area (Å²) in [6, 6.07) is 2.04. The summed E-state index contributed by atoms with van der Waals surface area (Å²) >= 11 is 0. The molecular formula is C15H24N6. The normalized spacial score (nSPS) is 10.6. The summed E-state index contributed by atoms with van der Waals surface area (Å²) in [6.45, 7) is 6.01. The summed E-state index contributed by atoms with van der Waals surface area (Å²) in [5.74, 6) is 1.86. The summed E-state index contributed by atoms with van der Waals surface area (Å²) in [6.07, 6.45) is 6.44. The summed E-state index contributed by atoms with van der Waals surface area (Å²) in [7, 11) is 1.93. The van der Waals surface area contributed by atoms with Crippen LogP contribution >= 0.6 is 0 Å². The first-order valence-electron chi connectivity index (χ1n) is 7.54. The van der Waals surface area contributed by atoms with Crippen molar-refractivity contribution < 1.29 is 0 Å². The van der Waals surface area contributed by atoms with Gasteiger partial charge in [-0.05, 0) is 18.9 Å². The zero-order chi connectivity index (χ0) is 15.1. The molecule has 2 aromatic heterocycles. The summed E-state index contributed by atoms with van der Waals surface area (Å²) in [5.41, 5.74) is 2.23. The van der Waals surface area contributed by atoms with Gasteiger partial charge in [0.15, 0.2) is 0 Å². The lowest BCUT2D eigenvalue weighted by Gasteiger charge is -2.13. The van der Waals surface area contributed by atoms with Crippen molar-refractivity contribution in [3.63, 3.8) is 0 Å². The molecular weight excluding hydrogens is 264 g/mol. The SMILES string of the molecule is CCCNc1ncnc(NCCc2ccn(C)n2)c1CC. The van der Waals surface area contributed by atoms with Crippen molar-refractivity contribution in [3.05, 3.63) is 29.8 Å². The van der Waals surface area contributed by atoms with Gasteiger partial charge in [0.1, 0.15) is 18.0 Å². The molecule has 2 N–H and O–H groups in total. The Morgan fingerprint density at radius 2 is 1.81 bits per heavy atom. The Morgan fingerprint density at radius 3 is 2.38 bits per heavy atom. The third-order valence-corrected chi connectivity index (χ3v) is 3.28. The average Bonchev–Trinajstić information content (AvgIpc) is 2.90. The monoisotopic (exact) mass is 288 g/mol. The van der Waals surface area contributed by atoms with E-state index in [4.69, 9.17) is 0 Å². The number of aryl methyl sites for hydroxylation is 1. The molecule has 2 heterocycles. The lowest BCUT2D eigenvalue weighted by molar-refractivity contribution is 0.741. The molecule has 0 saturated heterocycles. The van der Waals surface area contributed by atoms with E-state index in [2.05, 4.69) is 39.5 Å². The van der Waals surface area contributed by atoms with Gasteiger partial charge in [-0.1, -0.05) is 13.8 Å². The first kappa shape index (κ1) is 15.3. The van der Waals surface area contributed by atoms with Crippen molar-refractivity contribution in [2.24, 2.45) is 7.05 Å². The number of hydrogen-bond donors (Lipinski definition) is 2. The van der Waals surface area contributed by atoms with Gasteiger partial charge < -0.3 is 10.6 Å². The second-order valence-electron chi connectivity index (χ2n) is 4.99. The molecule has 0 radical (unpaired) electrons. The van der Waals surface area contributed by atoms with E-state index in [-0.39, 0.29) is 0 Å². The van der Waals surface area contributed by atoms with Crippen molar-refractivity contribution in [1.82, 2.24) is 19.7 Å². The first-order valence-corrected chi connectivity index (χ1v) is 7.54. The Labute approximate surface area is 126 Å². The standard InChI is InChI=1S/C15H24N6/c1-4-8-16-14-13(5-2)15(19-11-18-14)17-9-6-12-7-10-21(3)20-12/h7,10-11H,4-6,8-9H2,1-3H3,(H2,16,17,18,19). The predicted molar refractivity (Wildman–Crippen MR) is 85.6 cm³/mol. The molecule has 0 spiro atoms. The van der Waals surface area contributed by atoms with Crippen LogP contribution in [-0.4, -0.2) is 32.8 Å². The maximum Gasteiger partial charge on any atom is 0.134 e. The van der Waals surface area contributed by atoms with E-state index in [1.807, 2.05) is 24.0 Å². The summed E-state index contributed by atoms with van der Waals surface area (Å²) < 4.78 is 1.82. The fourth-order valence-electron chi connectivity index (χ4n) is 2.20. The number of aromatic nitrogens is 4. The molecule has 0 bridgehead atoms. The highest BCUT2D eigenvalue weighted by molar-refractivity contribution is 5.57. The molecule has 0 saturated carbocycles. The Bertz CT molecular complexity index is 563. The van der Waals surface area contributed by atoms with Gasteiger partial charge in [-0.2, -0.15) is 5.10 Å². The second kappa shape index (κ2) is 7.61. The van der Waals surface area contributed by atoms with E-state index >= 15 is 0 Å². The van der Waals surface area contributed by atoms with Crippen LogP contribution in [0.4, 0.5) is 11.6 Å². The summed E-state index contributed by atoms with van der Waals surface area (Å²) in [4.78, 5) is 8.71. The predicted octanol–water partition coefficient (Wildman–Crippen LogP) is 2.25. The lowest BCUT2D eigenvalue weighted by Crippen LogP contribution is -2.12. The minimum atomic E-state index is 0.814. The van der Waals surface area contributed by atoms with Crippen LogP contribution < -0.4 is 10.6 Å². The third kappa shape index (κ3) is 4.18. The van der Waals surface area contributed by atoms with Gasteiger partial charge in [0, 0.05) is 38.3 Å². The molecule has 21 heavy (non-hydrogen) atoms. The van der Waals surface area contributed by atoms with Crippen molar-refractivity contribution in [2.75, 3.05) is 23.7 Å². The van der Waals surface area contributed by atoms with Crippen LogP contribution in [0.15, 0.2) is 18.6 Å². The van der Waals surface area contributed by atoms with Crippen molar-refractivity contribution in [2.45, 2.75) is 33.1 Å². The minimum absolute atomic E-state index is 0.814. The highest BCUT2D eigenvalue weighted by Crippen LogP contribution is 2.20. The van der Waals surface area contributed by atoms with Crippen LogP contribution in [0.25, 0.3) is 0 Å². The van der Waals surface area contributed by atoms with Crippen LogP contribution in [-0.2, 0) is 19.9 Å². The zero-order valence-electron chi connectivity index (χ0n) is 13.1. The van der Waals surface area contributed by atoms with E-state index < -0.39 is 0 Å². The van der Waals surface area contributed by atoms with Gasteiger partial charge in [0.05, 0.1) is 5.69 Å². The largest absolute Gasteiger partial charge is 0.370 e. The highest BCUT2D eigenvalue weighted by Gasteiger charge is 2.09. The molecule has 0 atom stereocenters. The van der Waals surface area contributed by atoms with Crippen LogP contribution in [0.3, 0.4) is 0 Å². The fourth-order valence-corrected chi connectivity index (χ4v) is 2.20. The molecule has 6 nitrogen and oxygen atoms in total. The molecule has 0 fully saturated rings. The van der Waals surface area contributed by atoms with E-state index in [9.17, 15) is 0 Å². The maximum atomic E-state index is 4.37. The van der Waals surface area contributed by atoms with Gasteiger partial charge in [0.25, 0.3) is 0 Å². The van der Waals surface area contributed by atoms with Crippen LogP contribution in [0.2, 0.25) is 0 Å².